The van der Waals surface area contributed by atoms with E-state index in [0.717, 1.165) is 19.3 Å². The molecule has 0 spiro atoms. The zero-order valence-electron chi connectivity index (χ0n) is 13.7. The van der Waals surface area contributed by atoms with Gasteiger partial charge >= 0.3 is 6.09 Å². The molecule has 0 aromatic carbocycles. The summed E-state index contributed by atoms with van der Waals surface area (Å²) in [5, 5.41) is 0. The van der Waals surface area contributed by atoms with Gasteiger partial charge < -0.3 is 4.74 Å². The maximum absolute atomic E-state index is 12.2. The van der Waals surface area contributed by atoms with Gasteiger partial charge in [-0.1, -0.05) is 37.8 Å². The summed E-state index contributed by atoms with van der Waals surface area (Å²) in [5.74, 6) is -0.131. The molecule has 4 nitrogen and oxygen atoms in total. The summed E-state index contributed by atoms with van der Waals surface area (Å²) < 4.78 is 5.33. The Labute approximate surface area is 128 Å². The second kappa shape index (κ2) is 8.85. The molecule has 0 aliphatic carbocycles. The Balaban J connectivity index is 2.68. The fraction of sp³-hybridized carbons (Fsp3) is 0.765. The normalized spacial score (nSPS) is 19.4. The van der Waals surface area contributed by atoms with Gasteiger partial charge in [0.05, 0.1) is 6.54 Å². The molecular weight excluding hydrogens is 266 g/mol. The van der Waals surface area contributed by atoms with Crippen molar-refractivity contribution in [2.24, 2.45) is 0 Å². The van der Waals surface area contributed by atoms with Crippen LogP contribution in [0.25, 0.3) is 0 Å². The first-order chi connectivity index (χ1) is 9.90. The number of imide groups is 1. The number of nitrogens with zero attached hydrogens (tertiary/aromatic N) is 1. The van der Waals surface area contributed by atoms with E-state index in [4.69, 9.17) is 4.74 Å². The number of carbonyl (C=O) groups is 2. The van der Waals surface area contributed by atoms with E-state index in [1.807, 2.05) is 26.8 Å². The lowest BCUT2D eigenvalue weighted by atomic mass is 10.1. The van der Waals surface area contributed by atoms with Gasteiger partial charge in [0, 0.05) is 6.42 Å². The Morgan fingerprint density at radius 2 is 1.67 bits per heavy atom. The first-order valence-electron chi connectivity index (χ1n) is 8.08. The molecule has 21 heavy (non-hydrogen) atoms. The minimum atomic E-state index is -0.581. The molecule has 0 unspecified atom stereocenters. The third-order valence-corrected chi connectivity index (χ3v) is 3.38. The Morgan fingerprint density at radius 1 is 1.05 bits per heavy atom. The summed E-state index contributed by atoms with van der Waals surface area (Å²) in [6.45, 7) is 5.75. The van der Waals surface area contributed by atoms with Crippen LogP contribution in [0, 0.1) is 0 Å². The van der Waals surface area contributed by atoms with Crippen molar-refractivity contribution in [3.63, 3.8) is 0 Å². The molecule has 0 saturated carbocycles. The third-order valence-electron chi connectivity index (χ3n) is 3.38. The second-order valence-corrected chi connectivity index (χ2v) is 6.62. The van der Waals surface area contributed by atoms with Crippen molar-refractivity contribution >= 4 is 12.0 Å². The van der Waals surface area contributed by atoms with Crippen LogP contribution in [0.15, 0.2) is 12.2 Å². The van der Waals surface area contributed by atoms with E-state index >= 15 is 0 Å². The summed E-state index contributed by atoms with van der Waals surface area (Å²) in [5.41, 5.74) is -0.581. The van der Waals surface area contributed by atoms with Crippen LogP contribution in [-0.2, 0) is 9.53 Å². The number of rotatable bonds is 0. The highest BCUT2D eigenvalue weighted by molar-refractivity contribution is 5.92. The van der Waals surface area contributed by atoms with Crippen LogP contribution in [0.5, 0.6) is 0 Å². The van der Waals surface area contributed by atoms with E-state index in [1.54, 1.807) is 0 Å². The summed E-state index contributed by atoms with van der Waals surface area (Å²) >= 11 is 0. The van der Waals surface area contributed by atoms with Crippen LogP contribution < -0.4 is 0 Å². The van der Waals surface area contributed by atoms with Gasteiger partial charge in [0.2, 0.25) is 5.91 Å². The minimum absolute atomic E-state index is 0.131. The first kappa shape index (κ1) is 17.7. The summed E-state index contributed by atoms with van der Waals surface area (Å²) in [7, 11) is 0. The molecule has 1 rings (SSSR count). The van der Waals surface area contributed by atoms with Crippen LogP contribution in [-0.4, -0.2) is 29.0 Å². The van der Waals surface area contributed by atoms with Gasteiger partial charge in [-0.05, 0) is 40.0 Å². The van der Waals surface area contributed by atoms with Crippen molar-refractivity contribution in [3.8, 4) is 0 Å². The van der Waals surface area contributed by atoms with E-state index in [0.29, 0.717) is 13.0 Å². The summed E-state index contributed by atoms with van der Waals surface area (Å²) in [6.07, 6.45) is 11.6. The number of carbonyl (C=O) groups excluding carboxylic acids is 2. The average molecular weight is 295 g/mol. The van der Waals surface area contributed by atoms with Crippen molar-refractivity contribution < 1.29 is 14.3 Å². The number of ether oxygens (including phenoxy) is 1. The van der Waals surface area contributed by atoms with Crippen molar-refractivity contribution in [1.29, 1.82) is 0 Å². The summed E-state index contributed by atoms with van der Waals surface area (Å²) in [6, 6.07) is 0. The molecule has 1 aliphatic heterocycles. The lowest BCUT2D eigenvalue weighted by molar-refractivity contribution is -0.130. The topological polar surface area (TPSA) is 46.6 Å². The lowest BCUT2D eigenvalue weighted by Crippen LogP contribution is -2.40. The predicted octanol–water partition coefficient (Wildman–Crippen LogP) is 4.44. The molecule has 1 aliphatic rings. The molecule has 2 amide bonds. The van der Waals surface area contributed by atoms with Gasteiger partial charge in [-0.3, -0.25) is 4.79 Å². The van der Waals surface area contributed by atoms with Crippen LogP contribution in [0.3, 0.4) is 0 Å². The van der Waals surface area contributed by atoms with Crippen molar-refractivity contribution in [2.45, 2.75) is 77.7 Å². The van der Waals surface area contributed by atoms with Gasteiger partial charge in [-0.25, -0.2) is 9.69 Å². The maximum Gasteiger partial charge on any atom is 0.417 e. The molecule has 0 aromatic heterocycles. The van der Waals surface area contributed by atoms with Crippen LogP contribution in [0.1, 0.15) is 72.1 Å². The minimum Gasteiger partial charge on any atom is -0.443 e. The fourth-order valence-electron chi connectivity index (χ4n) is 2.27. The fourth-order valence-corrected chi connectivity index (χ4v) is 2.27. The van der Waals surface area contributed by atoms with Gasteiger partial charge in [0.15, 0.2) is 0 Å². The monoisotopic (exact) mass is 295 g/mol. The molecule has 0 saturated heterocycles. The Hall–Kier alpha value is -1.32. The quantitative estimate of drug-likeness (QED) is 0.621. The van der Waals surface area contributed by atoms with Crippen molar-refractivity contribution in [3.05, 3.63) is 12.2 Å². The van der Waals surface area contributed by atoms with E-state index in [9.17, 15) is 9.59 Å². The standard InChI is InChI=1S/C17H29NO3/c1-17(2,3)21-16(20)18-14-12-10-8-6-4-5-7-9-11-13-15(18)19/h10,12H,4-9,11,13-14H2,1-3H3. The molecule has 0 aromatic rings. The first-order valence-corrected chi connectivity index (χ1v) is 8.08. The highest BCUT2D eigenvalue weighted by Gasteiger charge is 2.25. The van der Waals surface area contributed by atoms with E-state index < -0.39 is 11.7 Å². The molecule has 0 N–H and O–H groups in total. The van der Waals surface area contributed by atoms with Gasteiger partial charge in [0.1, 0.15) is 5.60 Å². The average Bonchev–Trinajstić information content (AvgIpc) is 2.38. The Morgan fingerprint density at radius 3 is 2.33 bits per heavy atom. The smallest absolute Gasteiger partial charge is 0.417 e. The lowest BCUT2D eigenvalue weighted by Gasteiger charge is -2.25. The van der Waals surface area contributed by atoms with Gasteiger partial charge in [-0.2, -0.15) is 0 Å². The van der Waals surface area contributed by atoms with Gasteiger partial charge in [0.25, 0.3) is 0 Å². The zero-order valence-corrected chi connectivity index (χ0v) is 13.7. The molecule has 0 radical (unpaired) electrons. The van der Waals surface area contributed by atoms with E-state index in [-0.39, 0.29) is 5.91 Å². The molecular formula is C17H29NO3. The number of hydrogen-bond acceptors (Lipinski definition) is 3. The van der Waals surface area contributed by atoms with Crippen LogP contribution >= 0.6 is 0 Å². The van der Waals surface area contributed by atoms with Crippen molar-refractivity contribution in [1.82, 2.24) is 4.90 Å². The predicted molar refractivity (Wildman–Crippen MR) is 84.0 cm³/mol. The molecule has 120 valence electrons. The molecule has 1 heterocycles. The Bertz CT molecular complexity index is 369. The number of amides is 2. The maximum atomic E-state index is 12.2. The van der Waals surface area contributed by atoms with Crippen LogP contribution in [0.4, 0.5) is 4.79 Å². The molecule has 0 atom stereocenters. The number of allylic oxidation sites excluding steroid dienone is 1. The molecule has 0 bridgehead atoms. The Kier molecular flexibility index (Phi) is 7.48. The highest BCUT2D eigenvalue weighted by Crippen LogP contribution is 2.14. The van der Waals surface area contributed by atoms with Crippen molar-refractivity contribution in [2.75, 3.05) is 6.54 Å². The third kappa shape index (κ3) is 7.88. The van der Waals surface area contributed by atoms with E-state index in [2.05, 4.69) is 6.08 Å². The SMILES string of the molecule is CC(C)(C)OC(=O)N1CC=CCCCCCCCCC1=O. The van der Waals surface area contributed by atoms with Crippen LogP contribution in [0.2, 0.25) is 0 Å². The number of hydrogen-bond donors (Lipinski definition) is 0. The summed E-state index contributed by atoms with van der Waals surface area (Å²) in [4.78, 5) is 25.6. The zero-order chi connectivity index (χ0) is 15.7. The highest BCUT2D eigenvalue weighted by atomic mass is 16.6. The van der Waals surface area contributed by atoms with E-state index in [1.165, 1.54) is 30.6 Å². The largest absolute Gasteiger partial charge is 0.443 e. The molecule has 0 fully saturated rings. The molecule has 4 heteroatoms. The second-order valence-electron chi connectivity index (χ2n) is 6.62. The van der Waals surface area contributed by atoms with Gasteiger partial charge in [-0.15, -0.1) is 0 Å².